The average Bonchev–Trinajstić information content (AvgIpc) is 1.37. The standard InChI is InChI=1S/C2H6S2.Zn/c3-1-2-4;/h3-4H,1-2H2;. The first-order chi connectivity index (χ1) is 1.91. The first-order valence-corrected chi connectivity index (χ1v) is 2.40. The molecule has 0 N–H and O–H groups in total. The molecular weight excluding hydrogens is 154 g/mol. The second-order valence-corrected chi connectivity index (χ2v) is 1.34. The first kappa shape index (κ1) is 9.59. The molecule has 0 radical (unpaired) electrons. The van der Waals surface area contributed by atoms with Gasteiger partial charge in [0.1, 0.15) is 0 Å². The van der Waals surface area contributed by atoms with Crippen molar-refractivity contribution in [1.82, 2.24) is 0 Å². The Morgan fingerprint density at radius 2 is 1.20 bits per heavy atom. The van der Waals surface area contributed by atoms with Gasteiger partial charge in [-0.15, -0.1) is 0 Å². The number of hydrogen-bond donors (Lipinski definition) is 2. The van der Waals surface area contributed by atoms with Crippen molar-refractivity contribution >= 4 is 25.3 Å². The monoisotopic (exact) mass is 158 g/mol. The molecule has 0 aromatic carbocycles. The molecule has 0 rings (SSSR count). The van der Waals surface area contributed by atoms with E-state index < -0.39 is 0 Å². The molecule has 0 heterocycles. The van der Waals surface area contributed by atoms with Crippen LogP contribution in [-0.2, 0) is 19.5 Å². The van der Waals surface area contributed by atoms with Crippen molar-refractivity contribution in [2.24, 2.45) is 0 Å². The van der Waals surface area contributed by atoms with E-state index in [0.717, 1.165) is 11.5 Å². The van der Waals surface area contributed by atoms with Gasteiger partial charge in [-0.3, -0.25) is 0 Å². The van der Waals surface area contributed by atoms with Gasteiger partial charge in [-0.2, -0.15) is 25.3 Å². The van der Waals surface area contributed by atoms with Crippen molar-refractivity contribution in [3.63, 3.8) is 0 Å². The second-order valence-electron chi connectivity index (χ2n) is 0.447. The summed E-state index contributed by atoms with van der Waals surface area (Å²) in [7, 11) is 0. The predicted octanol–water partition coefficient (Wildman–Crippen LogP) is 0.843. The fourth-order valence-corrected chi connectivity index (χ4v) is 0. The molecule has 0 aliphatic heterocycles. The zero-order valence-corrected chi connectivity index (χ0v) is 7.77. The molecule has 0 aliphatic carbocycles. The summed E-state index contributed by atoms with van der Waals surface area (Å²) in [5.41, 5.74) is 0. The van der Waals surface area contributed by atoms with Crippen LogP contribution in [0.5, 0.6) is 0 Å². The van der Waals surface area contributed by atoms with Crippen molar-refractivity contribution in [3.05, 3.63) is 0 Å². The molecule has 5 heavy (non-hydrogen) atoms. The van der Waals surface area contributed by atoms with Gasteiger partial charge in [0.15, 0.2) is 0 Å². The topological polar surface area (TPSA) is 0 Å². The van der Waals surface area contributed by atoms with Gasteiger partial charge in [-0.1, -0.05) is 0 Å². The Kier molecular flexibility index (Phi) is 17.3. The van der Waals surface area contributed by atoms with Crippen LogP contribution in [0.1, 0.15) is 0 Å². The van der Waals surface area contributed by atoms with E-state index in [9.17, 15) is 0 Å². The first-order valence-electron chi connectivity index (χ1n) is 1.13. The van der Waals surface area contributed by atoms with Crippen molar-refractivity contribution < 1.29 is 19.5 Å². The summed E-state index contributed by atoms with van der Waals surface area (Å²) >= 11 is 7.69. The minimum atomic E-state index is 0. The maximum absolute atomic E-state index is 3.84. The third-order valence-electron chi connectivity index (χ3n) is 0.1000. The quantitative estimate of drug-likeness (QED) is 0.411. The summed E-state index contributed by atoms with van der Waals surface area (Å²) < 4.78 is 0. The van der Waals surface area contributed by atoms with Crippen LogP contribution < -0.4 is 0 Å². The van der Waals surface area contributed by atoms with Crippen LogP contribution in [0, 0.1) is 0 Å². The van der Waals surface area contributed by atoms with Crippen LogP contribution >= 0.6 is 25.3 Å². The molecule has 0 amide bonds. The van der Waals surface area contributed by atoms with Gasteiger partial charge < -0.3 is 0 Å². The Hall–Kier alpha value is 1.32. The number of thiol groups is 2. The fraction of sp³-hybridized carbons (Fsp3) is 1.00. The van der Waals surface area contributed by atoms with Crippen LogP contribution in [0.2, 0.25) is 0 Å². The molecule has 3 heteroatoms. The van der Waals surface area contributed by atoms with Crippen LogP contribution in [0.4, 0.5) is 0 Å². The van der Waals surface area contributed by atoms with E-state index in [4.69, 9.17) is 0 Å². The summed E-state index contributed by atoms with van der Waals surface area (Å²) in [4.78, 5) is 0. The Morgan fingerprint density at radius 3 is 1.20 bits per heavy atom. The van der Waals surface area contributed by atoms with E-state index in [-0.39, 0.29) is 19.5 Å². The van der Waals surface area contributed by atoms with Crippen LogP contribution in [0.25, 0.3) is 0 Å². The van der Waals surface area contributed by atoms with E-state index >= 15 is 0 Å². The van der Waals surface area contributed by atoms with Crippen molar-refractivity contribution in [2.75, 3.05) is 11.5 Å². The van der Waals surface area contributed by atoms with Crippen molar-refractivity contribution in [3.8, 4) is 0 Å². The molecule has 0 saturated carbocycles. The Bertz CT molecular complexity index is 9.61. The maximum Gasteiger partial charge on any atom is 0 e. The summed E-state index contributed by atoms with van der Waals surface area (Å²) in [5.74, 6) is 1.76. The minimum Gasteiger partial charge on any atom is -0.179 e. The Labute approximate surface area is 56.3 Å². The molecule has 0 aromatic heterocycles. The van der Waals surface area contributed by atoms with Crippen molar-refractivity contribution in [2.45, 2.75) is 0 Å². The van der Waals surface area contributed by atoms with Crippen LogP contribution in [0.3, 0.4) is 0 Å². The van der Waals surface area contributed by atoms with Gasteiger partial charge >= 0.3 is 0 Å². The molecule has 28 valence electrons. The molecular formula is C2H6S2Zn. The summed E-state index contributed by atoms with van der Waals surface area (Å²) in [5, 5.41) is 0. The third kappa shape index (κ3) is 10.9. The molecule has 0 unspecified atom stereocenters. The van der Waals surface area contributed by atoms with E-state index in [1.807, 2.05) is 0 Å². The molecule has 0 nitrogen and oxygen atoms in total. The molecule has 0 aromatic rings. The average molecular weight is 160 g/mol. The Morgan fingerprint density at radius 1 is 1.00 bits per heavy atom. The number of hydrogen-bond acceptors (Lipinski definition) is 2. The van der Waals surface area contributed by atoms with Crippen LogP contribution in [0.15, 0.2) is 0 Å². The van der Waals surface area contributed by atoms with Gasteiger partial charge in [0.25, 0.3) is 0 Å². The number of rotatable bonds is 1. The van der Waals surface area contributed by atoms with Crippen LogP contribution in [-0.4, -0.2) is 11.5 Å². The van der Waals surface area contributed by atoms with Gasteiger partial charge in [-0.25, -0.2) is 0 Å². The molecule has 0 spiro atoms. The van der Waals surface area contributed by atoms with E-state index in [1.165, 1.54) is 0 Å². The zero-order chi connectivity index (χ0) is 3.41. The minimum absolute atomic E-state index is 0. The van der Waals surface area contributed by atoms with Gasteiger partial charge in [0.2, 0.25) is 0 Å². The van der Waals surface area contributed by atoms with Gasteiger partial charge in [-0.05, 0) is 11.5 Å². The third-order valence-corrected chi connectivity index (χ3v) is 0.900. The molecule has 0 atom stereocenters. The smallest absolute Gasteiger partial charge is 0 e. The van der Waals surface area contributed by atoms with E-state index in [2.05, 4.69) is 25.3 Å². The normalized spacial score (nSPS) is 6.00. The summed E-state index contributed by atoms with van der Waals surface area (Å²) in [6.45, 7) is 0. The van der Waals surface area contributed by atoms with E-state index in [0.29, 0.717) is 0 Å². The fourth-order valence-electron chi connectivity index (χ4n) is 0. The molecule has 0 aliphatic rings. The molecule has 0 fully saturated rings. The largest absolute Gasteiger partial charge is 0.179 e. The predicted molar refractivity (Wildman–Crippen MR) is 27.7 cm³/mol. The zero-order valence-electron chi connectivity index (χ0n) is 3.02. The van der Waals surface area contributed by atoms with Crippen molar-refractivity contribution in [1.29, 1.82) is 0 Å². The van der Waals surface area contributed by atoms with E-state index in [1.54, 1.807) is 0 Å². The summed E-state index contributed by atoms with van der Waals surface area (Å²) in [6, 6.07) is 0. The SMILES string of the molecule is SCCS.[Zn]. The Balaban J connectivity index is 0. The van der Waals surface area contributed by atoms with Gasteiger partial charge in [0.05, 0.1) is 0 Å². The summed E-state index contributed by atoms with van der Waals surface area (Å²) in [6.07, 6.45) is 0. The van der Waals surface area contributed by atoms with Gasteiger partial charge in [0, 0.05) is 19.5 Å². The second kappa shape index (κ2) is 9.01. The molecule has 0 saturated heterocycles. The molecule has 0 bridgehead atoms. The maximum atomic E-state index is 3.84.